The molecule has 2 aromatic carbocycles. The second-order valence-electron chi connectivity index (χ2n) is 6.66. The summed E-state index contributed by atoms with van der Waals surface area (Å²) in [5.74, 6) is 1.18. The molecule has 0 nitrogen and oxygen atoms in total. The maximum absolute atomic E-state index is 14.7. The van der Waals surface area contributed by atoms with Gasteiger partial charge < -0.3 is 0 Å². The monoisotopic (exact) mass is 394 g/mol. The Bertz CT molecular complexity index is 966. The average Bonchev–Trinajstić information content (AvgIpc) is 2.59. The third-order valence-electron chi connectivity index (χ3n) is 4.72. The quantitative estimate of drug-likeness (QED) is 0.307. The summed E-state index contributed by atoms with van der Waals surface area (Å²) >= 11 is 0. The van der Waals surface area contributed by atoms with E-state index in [-0.39, 0.29) is 11.1 Å². The standard InChI is InChI=1S/C22H16F6/c1-2-3-13-5-9-17-16(10-13)8-7-15(21(17)25)6-4-14-11-18(23)20(19(24)12-14)22(26,27)28/h2-3,7-8,11-13H,5,9-10H2,1H3. The van der Waals surface area contributed by atoms with Gasteiger partial charge in [-0.2, -0.15) is 13.2 Å². The molecular formula is C22H16F6. The first-order valence-electron chi connectivity index (χ1n) is 8.72. The van der Waals surface area contributed by atoms with Gasteiger partial charge in [-0.3, -0.25) is 0 Å². The van der Waals surface area contributed by atoms with Gasteiger partial charge in [-0.05, 0) is 61.4 Å². The van der Waals surface area contributed by atoms with Gasteiger partial charge in [-0.1, -0.05) is 30.1 Å². The van der Waals surface area contributed by atoms with Crippen LogP contribution in [0.5, 0.6) is 0 Å². The van der Waals surface area contributed by atoms with Crippen molar-refractivity contribution < 1.29 is 26.3 Å². The van der Waals surface area contributed by atoms with Crippen molar-refractivity contribution in [3.8, 4) is 11.8 Å². The fourth-order valence-corrected chi connectivity index (χ4v) is 3.43. The molecule has 6 heteroatoms. The Morgan fingerprint density at radius 3 is 2.32 bits per heavy atom. The molecule has 1 aliphatic rings. The molecule has 0 aliphatic heterocycles. The first kappa shape index (κ1) is 20.1. The normalized spacial score (nSPS) is 16.6. The lowest BCUT2D eigenvalue weighted by Gasteiger charge is -2.23. The van der Waals surface area contributed by atoms with Gasteiger partial charge in [0.2, 0.25) is 0 Å². The predicted molar refractivity (Wildman–Crippen MR) is 94.1 cm³/mol. The Hall–Kier alpha value is -2.68. The molecule has 0 fully saturated rings. The van der Waals surface area contributed by atoms with Crippen molar-refractivity contribution in [1.29, 1.82) is 0 Å². The van der Waals surface area contributed by atoms with E-state index in [2.05, 4.69) is 17.9 Å². The zero-order valence-electron chi connectivity index (χ0n) is 14.9. The van der Waals surface area contributed by atoms with Crippen LogP contribution in [-0.4, -0.2) is 0 Å². The maximum atomic E-state index is 14.7. The Morgan fingerprint density at radius 1 is 1.04 bits per heavy atom. The minimum absolute atomic E-state index is 0.0453. The largest absolute Gasteiger partial charge is 0.422 e. The highest BCUT2D eigenvalue weighted by atomic mass is 19.4. The van der Waals surface area contributed by atoms with Crippen molar-refractivity contribution in [1.82, 2.24) is 0 Å². The number of halogens is 6. The van der Waals surface area contributed by atoms with Crippen LogP contribution in [0.4, 0.5) is 26.3 Å². The highest BCUT2D eigenvalue weighted by Crippen LogP contribution is 2.34. The molecule has 0 bridgehead atoms. The van der Waals surface area contributed by atoms with Gasteiger partial charge in [-0.15, -0.1) is 0 Å². The van der Waals surface area contributed by atoms with Crippen molar-refractivity contribution in [3.63, 3.8) is 0 Å². The van der Waals surface area contributed by atoms with Gasteiger partial charge in [-0.25, -0.2) is 13.2 Å². The molecule has 0 spiro atoms. The highest BCUT2D eigenvalue weighted by Gasteiger charge is 2.37. The Balaban J connectivity index is 1.92. The lowest BCUT2D eigenvalue weighted by atomic mass is 9.82. The SMILES string of the molecule is CC=CC1CCc2c(ccc(C#Cc3cc(F)c(C(F)(F)F)c(F)c3)c2F)C1. The minimum Gasteiger partial charge on any atom is -0.206 e. The summed E-state index contributed by atoms with van der Waals surface area (Å²) in [6, 6.07) is 4.25. The smallest absolute Gasteiger partial charge is 0.206 e. The van der Waals surface area contributed by atoms with E-state index < -0.39 is 29.2 Å². The lowest BCUT2D eigenvalue weighted by Crippen LogP contribution is -2.14. The summed E-state index contributed by atoms with van der Waals surface area (Å²) in [6.45, 7) is 1.93. The first-order valence-corrected chi connectivity index (χ1v) is 8.72. The van der Waals surface area contributed by atoms with Crippen molar-refractivity contribution >= 4 is 0 Å². The summed E-state index contributed by atoms with van der Waals surface area (Å²) in [5, 5.41) is 0. The molecule has 0 amide bonds. The molecule has 28 heavy (non-hydrogen) atoms. The van der Waals surface area contributed by atoms with Crippen molar-refractivity contribution in [2.45, 2.75) is 32.4 Å². The summed E-state index contributed by atoms with van der Waals surface area (Å²) in [7, 11) is 0. The third kappa shape index (κ3) is 4.09. The number of alkyl halides is 3. The van der Waals surface area contributed by atoms with E-state index in [1.807, 2.05) is 13.0 Å². The zero-order chi connectivity index (χ0) is 20.5. The zero-order valence-corrected chi connectivity index (χ0v) is 14.9. The molecule has 3 rings (SSSR count). The molecule has 0 aromatic heterocycles. The maximum Gasteiger partial charge on any atom is 0.422 e. The summed E-state index contributed by atoms with van der Waals surface area (Å²) in [6.07, 6.45) is 0.987. The molecule has 0 saturated heterocycles. The summed E-state index contributed by atoms with van der Waals surface area (Å²) in [4.78, 5) is 0. The third-order valence-corrected chi connectivity index (χ3v) is 4.72. The molecule has 1 unspecified atom stereocenters. The summed E-state index contributed by atoms with van der Waals surface area (Å²) < 4.78 is 79.8. The van der Waals surface area contributed by atoms with Crippen LogP contribution in [-0.2, 0) is 19.0 Å². The van der Waals surface area contributed by atoms with E-state index in [4.69, 9.17) is 0 Å². The van der Waals surface area contributed by atoms with E-state index in [1.54, 1.807) is 6.07 Å². The van der Waals surface area contributed by atoms with Crippen molar-refractivity contribution in [2.75, 3.05) is 0 Å². The number of hydrogen-bond donors (Lipinski definition) is 0. The van der Waals surface area contributed by atoms with Crippen LogP contribution < -0.4 is 0 Å². The molecule has 0 N–H and O–H groups in total. The van der Waals surface area contributed by atoms with Crippen LogP contribution in [0, 0.1) is 35.2 Å². The Morgan fingerprint density at radius 2 is 1.71 bits per heavy atom. The molecule has 0 heterocycles. The molecular weight excluding hydrogens is 378 g/mol. The average molecular weight is 394 g/mol. The molecule has 1 aliphatic carbocycles. The van der Waals surface area contributed by atoms with E-state index >= 15 is 0 Å². The summed E-state index contributed by atoms with van der Waals surface area (Å²) in [5.41, 5.74) is -0.757. The second kappa shape index (κ2) is 7.75. The van der Waals surface area contributed by atoms with E-state index in [9.17, 15) is 26.3 Å². The van der Waals surface area contributed by atoms with Gasteiger partial charge >= 0.3 is 6.18 Å². The fourth-order valence-electron chi connectivity index (χ4n) is 3.43. The van der Waals surface area contributed by atoms with Crippen LogP contribution in [0.15, 0.2) is 36.4 Å². The molecule has 0 saturated carbocycles. The topological polar surface area (TPSA) is 0 Å². The minimum atomic E-state index is -5.14. The van der Waals surface area contributed by atoms with Crippen LogP contribution in [0.2, 0.25) is 0 Å². The van der Waals surface area contributed by atoms with Gasteiger partial charge in [0.1, 0.15) is 23.0 Å². The molecule has 2 aromatic rings. The van der Waals surface area contributed by atoms with E-state index in [0.717, 1.165) is 18.4 Å². The second-order valence-corrected chi connectivity index (χ2v) is 6.66. The van der Waals surface area contributed by atoms with Crippen LogP contribution in [0.1, 0.15) is 41.2 Å². The Labute approximate surface area is 158 Å². The first-order chi connectivity index (χ1) is 13.2. The van der Waals surface area contributed by atoms with Gasteiger partial charge in [0.25, 0.3) is 0 Å². The molecule has 1 atom stereocenters. The predicted octanol–water partition coefficient (Wildman–Crippen LogP) is 6.20. The van der Waals surface area contributed by atoms with E-state index in [1.165, 1.54) is 6.07 Å². The van der Waals surface area contributed by atoms with Gasteiger partial charge in [0.05, 0.1) is 5.56 Å². The van der Waals surface area contributed by atoms with Crippen molar-refractivity contribution in [3.05, 3.63) is 81.7 Å². The number of benzene rings is 2. The van der Waals surface area contributed by atoms with Gasteiger partial charge in [0.15, 0.2) is 0 Å². The number of hydrogen-bond acceptors (Lipinski definition) is 0. The van der Waals surface area contributed by atoms with Crippen LogP contribution in [0.3, 0.4) is 0 Å². The number of rotatable bonds is 1. The van der Waals surface area contributed by atoms with Crippen LogP contribution in [0.25, 0.3) is 0 Å². The highest BCUT2D eigenvalue weighted by molar-refractivity contribution is 5.48. The molecule has 0 radical (unpaired) electrons. The van der Waals surface area contributed by atoms with Crippen molar-refractivity contribution in [2.24, 2.45) is 5.92 Å². The lowest BCUT2D eigenvalue weighted by molar-refractivity contribution is -0.142. The van der Waals surface area contributed by atoms with E-state index in [0.29, 0.717) is 30.0 Å². The van der Waals surface area contributed by atoms with Gasteiger partial charge in [0, 0.05) is 5.56 Å². The molecule has 146 valence electrons. The Kier molecular flexibility index (Phi) is 5.55. The van der Waals surface area contributed by atoms with Crippen LogP contribution >= 0.6 is 0 Å². The number of allylic oxidation sites excluding steroid dienone is 2. The number of fused-ring (bicyclic) bond motifs is 1. The fraction of sp³-hybridized carbons (Fsp3) is 0.273.